The summed E-state index contributed by atoms with van der Waals surface area (Å²) in [7, 11) is 0. The topological polar surface area (TPSA) is 16.4 Å². The molecule has 0 amide bonds. The van der Waals surface area contributed by atoms with Crippen LogP contribution in [-0.2, 0) is 10.8 Å². The van der Waals surface area contributed by atoms with Gasteiger partial charge in [0, 0.05) is 38.4 Å². The Hall–Kier alpha value is -6.64. The van der Waals surface area contributed by atoms with Crippen molar-refractivity contribution < 1.29 is 4.42 Å². The van der Waals surface area contributed by atoms with E-state index in [1.54, 1.807) is 0 Å². The summed E-state index contributed by atoms with van der Waals surface area (Å²) in [6.45, 7) is 9.42. The van der Waals surface area contributed by atoms with Crippen LogP contribution in [0.1, 0.15) is 49.9 Å². The Bertz CT molecular complexity index is 3030. The largest absolute Gasteiger partial charge is 0.456 e. The first-order chi connectivity index (χ1) is 27.3. The minimum Gasteiger partial charge on any atom is -0.456 e. The van der Waals surface area contributed by atoms with Crippen molar-refractivity contribution in [2.45, 2.75) is 38.5 Å². The molecule has 8 aromatic carbocycles. The summed E-state index contributed by atoms with van der Waals surface area (Å²) in [6, 6.07) is 64.7. The number of anilines is 3. The van der Waals surface area contributed by atoms with Crippen molar-refractivity contribution in [3.63, 3.8) is 0 Å². The maximum Gasteiger partial charge on any atom is 0.135 e. The number of fused-ring (bicyclic) bond motifs is 9. The zero-order valence-corrected chi connectivity index (χ0v) is 32.1. The van der Waals surface area contributed by atoms with E-state index in [-0.39, 0.29) is 10.8 Å². The van der Waals surface area contributed by atoms with Gasteiger partial charge in [-0.2, -0.15) is 0 Å². The zero-order chi connectivity index (χ0) is 37.8. The molecule has 56 heavy (non-hydrogen) atoms. The number of rotatable bonds is 5. The van der Waals surface area contributed by atoms with Crippen LogP contribution in [0.15, 0.2) is 180 Å². The van der Waals surface area contributed by atoms with Crippen LogP contribution in [0.3, 0.4) is 0 Å². The second-order valence-corrected chi connectivity index (χ2v) is 16.5. The van der Waals surface area contributed by atoms with Gasteiger partial charge in [-0.15, -0.1) is 0 Å². The Morgan fingerprint density at radius 2 is 0.946 bits per heavy atom. The van der Waals surface area contributed by atoms with E-state index in [0.29, 0.717) is 0 Å². The normalized spacial score (nSPS) is 14.4. The van der Waals surface area contributed by atoms with Gasteiger partial charge in [-0.25, -0.2) is 0 Å². The second kappa shape index (κ2) is 11.9. The lowest BCUT2D eigenvalue weighted by molar-refractivity contribution is 0.660. The molecule has 0 saturated carbocycles. The molecule has 0 radical (unpaired) electrons. The fraction of sp³-hybridized carbons (Fsp3) is 0.111. The van der Waals surface area contributed by atoms with Gasteiger partial charge in [-0.1, -0.05) is 155 Å². The smallest absolute Gasteiger partial charge is 0.135 e. The van der Waals surface area contributed by atoms with Crippen LogP contribution in [0.5, 0.6) is 0 Å². The van der Waals surface area contributed by atoms with Crippen molar-refractivity contribution in [3.05, 3.63) is 198 Å². The fourth-order valence-corrected chi connectivity index (χ4v) is 9.84. The number of hydrogen-bond acceptors (Lipinski definition) is 2. The highest BCUT2D eigenvalue weighted by Gasteiger charge is 2.38. The van der Waals surface area contributed by atoms with E-state index in [9.17, 15) is 0 Å². The molecule has 9 aromatic rings. The van der Waals surface area contributed by atoms with Crippen molar-refractivity contribution in [3.8, 4) is 44.5 Å². The summed E-state index contributed by atoms with van der Waals surface area (Å²) in [6.07, 6.45) is 0. The molecule has 0 atom stereocenters. The fourth-order valence-electron chi connectivity index (χ4n) is 9.84. The minimum atomic E-state index is -0.118. The van der Waals surface area contributed by atoms with E-state index < -0.39 is 0 Å². The third-order valence-corrected chi connectivity index (χ3v) is 12.7. The molecular weight excluding hydrogens is 679 g/mol. The molecule has 0 bridgehead atoms. The lowest BCUT2D eigenvalue weighted by Gasteiger charge is -2.31. The lowest BCUT2D eigenvalue weighted by atomic mass is 9.82. The van der Waals surface area contributed by atoms with Gasteiger partial charge in [0.1, 0.15) is 11.2 Å². The number of para-hydroxylation sites is 2. The van der Waals surface area contributed by atoms with Gasteiger partial charge in [-0.05, 0) is 104 Å². The molecule has 268 valence electrons. The van der Waals surface area contributed by atoms with Gasteiger partial charge in [-0.3, -0.25) is 0 Å². The molecule has 1 aromatic heterocycles. The predicted octanol–water partition coefficient (Wildman–Crippen LogP) is 15.0. The Labute approximate surface area is 328 Å². The van der Waals surface area contributed by atoms with Crippen LogP contribution < -0.4 is 4.90 Å². The molecule has 0 unspecified atom stereocenters. The van der Waals surface area contributed by atoms with E-state index in [2.05, 4.69) is 196 Å². The maximum absolute atomic E-state index is 6.16. The first kappa shape index (κ1) is 32.8. The molecule has 0 fully saturated rings. The maximum atomic E-state index is 6.16. The van der Waals surface area contributed by atoms with Crippen LogP contribution in [0, 0.1) is 0 Å². The van der Waals surface area contributed by atoms with Crippen molar-refractivity contribution in [1.29, 1.82) is 0 Å². The van der Waals surface area contributed by atoms with Gasteiger partial charge in [0.25, 0.3) is 0 Å². The van der Waals surface area contributed by atoms with Crippen LogP contribution >= 0.6 is 0 Å². The molecule has 1 heterocycles. The Kier molecular flexibility index (Phi) is 6.98. The minimum absolute atomic E-state index is 0.0439. The summed E-state index contributed by atoms with van der Waals surface area (Å²) in [5, 5.41) is 2.28. The summed E-state index contributed by atoms with van der Waals surface area (Å²) < 4.78 is 6.16. The SMILES string of the molecule is CC1(C)c2ccccc2-c2cc(-c3ccccc3N(c3ccc(-c4ccc5oc6ccccc6c5c4)cc3)c3cccc4c3-c3ccccc3C4(C)C)ccc21. The van der Waals surface area contributed by atoms with Crippen molar-refractivity contribution in [1.82, 2.24) is 0 Å². The van der Waals surface area contributed by atoms with E-state index in [1.807, 2.05) is 12.1 Å². The average molecular weight is 720 g/mol. The van der Waals surface area contributed by atoms with Crippen molar-refractivity contribution in [2.24, 2.45) is 0 Å². The molecule has 0 saturated heterocycles. The number of furan rings is 1. The van der Waals surface area contributed by atoms with Crippen LogP contribution in [0.25, 0.3) is 66.4 Å². The summed E-state index contributed by atoms with van der Waals surface area (Å²) in [4.78, 5) is 2.49. The molecule has 0 aliphatic heterocycles. The monoisotopic (exact) mass is 719 g/mol. The highest BCUT2D eigenvalue weighted by atomic mass is 16.3. The molecule has 2 aliphatic carbocycles. The number of nitrogens with zero attached hydrogens (tertiary/aromatic N) is 1. The first-order valence-corrected chi connectivity index (χ1v) is 19.7. The highest BCUT2D eigenvalue weighted by Crippen LogP contribution is 2.55. The highest BCUT2D eigenvalue weighted by molar-refractivity contribution is 6.06. The van der Waals surface area contributed by atoms with E-state index >= 15 is 0 Å². The van der Waals surface area contributed by atoms with Gasteiger partial charge in [0.05, 0.1) is 11.4 Å². The summed E-state index contributed by atoms with van der Waals surface area (Å²) >= 11 is 0. The molecule has 0 spiro atoms. The lowest BCUT2D eigenvalue weighted by Crippen LogP contribution is -2.16. The Morgan fingerprint density at radius 3 is 1.77 bits per heavy atom. The van der Waals surface area contributed by atoms with Crippen molar-refractivity contribution >= 4 is 39.0 Å². The number of hydrogen-bond donors (Lipinski definition) is 0. The van der Waals surface area contributed by atoms with Gasteiger partial charge in [0.2, 0.25) is 0 Å². The summed E-state index contributed by atoms with van der Waals surface area (Å²) in [5.41, 5.74) is 20.6. The standard InChI is InChI=1S/C54H41NO/c1-53(2)44-18-9-5-15-39(44)42-33-36(26-30-46(42)53)38-14-7-11-21-48(38)55(49-22-13-20-47-52(49)41-17-6-10-19-45(41)54(47,3)4)37-28-24-34(25-29-37)35-27-31-51-43(32-35)40-16-8-12-23-50(40)56-51/h5-33H,1-4H3. The van der Waals surface area contributed by atoms with E-state index in [0.717, 1.165) is 33.3 Å². The molecule has 0 N–H and O–H groups in total. The predicted molar refractivity (Wildman–Crippen MR) is 234 cm³/mol. The van der Waals surface area contributed by atoms with Crippen LogP contribution in [0.2, 0.25) is 0 Å². The van der Waals surface area contributed by atoms with E-state index in [4.69, 9.17) is 4.42 Å². The first-order valence-electron chi connectivity index (χ1n) is 19.7. The molecule has 11 rings (SSSR count). The van der Waals surface area contributed by atoms with Gasteiger partial charge >= 0.3 is 0 Å². The van der Waals surface area contributed by atoms with Crippen LogP contribution in [-0.4, -0.2) is 0 Å². The Balaban J connectivity index is 1.10. The van der Waals surface area contributed by atoms with Crippen LogP contribution in [0.4, 0.5) is 17.1 Å². The molecule has 2 aliphatic rings. The number of benzene rings is 8. The second-order valence-electron chi connectivity index (χ2n) is 16.5. The summed E-state index contributed by atoms with van der Waals surface area (Å²) in [5.74, 6) is 0. The van der Waals surface area contributed by atoms with Gasteiger partial charge < -0.3 is 9.32 Å². The molecule has 2 nitrogen and oxygen atoms in total. The van der Waals surface area contributed by atoms with E-state index in [1.165, 1.54) is 72.4 Å². The Morgan fingerprint density at radius 1 is 0.375 bits per heavy atom. The third kappa shape index (κ3) is 4.69. The van der Waals surface area contributed by atoms with Crippen molar-refractivity contribution in [2.75, 3.05) is 4.90 Å². The zero-order valence-electron chi connectivity index (χ0n) is 32.1. The van der Waals surface area contributed by atoms with Gasteiger partial charge in [0.15, 0.2) is 0 Å². The molecule has 2 heteroatoms. The third-order valence-electron chi connectivity index (χ3n) is 12.7. The average Bonchev–Trinajstić information content (AvgIpc) is 3.81. The molecular formula is C54H41NO. The quantitative estimate of drug-likeness (QED) is 0.176.